The quantitative estimate of drug-likeness (QED) is 0.282. The number of carbonyl (C=O) groups excluding carboxylic acids is 2. The van der Waals surface area contributed by atoms with Gasteiger partial charge in [0.2, 0.25) is 5.13 Å². The largest absolute Gasteiger partial charge is 0.490 e. The molecule has 26 heavy (non-hydrogen) atoms. The van der Waals surface area contributed by atoms with Gasteiger partial charge >= 0.3 is 5.97 Å². The van der Waals surface area contributed by atoms with E-state index in [1.165, 1.54) is 23.1 Å². The predicted octanol–water partition coefficient (Wildman–Crippen LogP) is 2.47. The second-order valence-corrected chi connectivity index (χ2v) is 6.96. The number of thioether (sulfide) groups is 1. The van der Waals surface area contributed by atoms with Crippen LogP contribution in [0.2, 0.25) is 0 Å². The van der Waals surface area contributed by atoms with Crippen molar-refractivity contribution in [2.45, 2.75) is 11.3 Å². The number of esters is 1. The Balaban J connectivity index is 1.95. The van der Waals surface area contributed by atoms with Crippen LogP contribution in [0.3, 0.4) is 0 Å². The third-order valence-electron chi connectivity index (χ3n) is 2.92. The molecule has 0 saturated carbocycles. The van der Waals surface area contributed by atoms with Gasteiger partial charge < -0.3 is 14.2 Å². The summed E-state index contributed by atoms with van der Waals surface area (Å²) in [4.78, 5) is 23.8. The lowest BCUT2D eigenvalue weighted by Crippen LogP contribution is -2.14. The molecule has 0 saturated heterocycles. The van der Waals surface area contributed by atoms with Crippen LogP contribution in [0, 0.1) is 0 Å². The third kappa shape index (κ3) is 6.28. The highest BCUT2D eigenvalue weighted by Gasteiger charge is 2.15. The Morgan fingerprint density at radius 2 is 2.04 bits per heavy atom. The first-order valence-corrected chi connectivity index (χ1v) is 9.58. The molecular formula is C16H19N3O5S2. The molecule has 2 aromatic rings. The number of carbonyl (C=O) groups is 2. The summed E-state index contributed by atoms with van der Waals surface area (Å²) >= 11 is 2.39. The molecule has 0 radical (unpaired) electrons. The van der Waals surface area contributed by atoms with E-state index < -0.39 is 0 Å². The maximum absolute atomic E-state index is 12.5. The van der Waals surface area contributed by atoms with Gasteiger partial charge in [-0.25, -0.2) is 0 Å². The Morgan fingerprint density at radius 3 is 2.81 bits per heavy atom. The molecule has 0 atom stereocenters. The molecule has 0 unspecified atom stereocenters. The highest BCUT2D eigenvalue weighted by Crippen LogP contribution is 2.26. The van der Waals surface area contributed by atoms with Crippen molar-refractivity contribution in [2.75, 3.05) is 38.0 Å². The van der Waals surface area contributed by atoms with Gasteiger partial charge in [-0.15, -0.1) is 10.2 Å². The number of anilines is 1. The van der Waals surface area contributed by atoms with E-state index in [9.17, 15) is 9.59 Å². The van der Waals surface area contributed by atoms with Gasteiger partial charge in [0, 0.05) is 7.11 Å². The van der Waals surface area contributed by atoms with E-state index in [2.05, 4.69) is 15.5 Å². The highest BCUT2D eigenvalue weighted by molar-refractivity contribution is 8.01. The average Bonchev–Trinajstić information content (AvgIpc) is 3.08. The molecule has 2 rings (SSSR count). The van der Waals surface area contributed by atoms with Gasteiger partial charge in [0.15, 0.2) is 4.34 Å². The first kappa shape index (κ1) is 20.1. The number of rotatable bonds is 10. The zero-order valence-corrected chi connectivity index (χ0v) is 16.0. The fraction of sp³-hybridized carbons (Fsp3) is 0.375. The number of methoxy groups -OCH3 is 1. The molecule has 10 heteroatoms. The summed E-state index contributed by atoms with van der Waals surface area (Å²) < 4.78 is 15.9. The van der Waals surface area contributed by atoms with Crippen LogP contribution >= 0.6 is 23.1 Å². The third-order valence-corrected chi connectivity index (χ3v) is 4.87. The van der Waals surface area contributed by atoms with Crippen molar-refractivity contribution in [1.29, 1.82) is 0 Å². The fourth-order valence-corrected chi connectivity index (χ4v) is 3.37. The molecule has 8 nitrogen and oxygen atoms in total. The zero-order chi connectivity index (χ0) is 18.8. The SMILES string of the molecule is CCOC(=O)CSc1nnc(NC(=O)c2ccccc2OCCOC)s1. The Labute approximate surface area is 159 Å². The second kappa shape index (κ2) is 10.7. The van der Waals surface area contributed by atoms with Crippen molar-refractivity contribution in [3.8, 4) is 5.75 Å². The first-order valence-electron chi connectivity index (χ1n) is 7.78. The maximum Gasteiger partial charge on any atom is 0.316 e. The van der Waals surface area contributed by atoms with Gasteiger partial charge in [0.05, 0.1) is 24.5 Å². The van der Waals surface area contributed by atoms with Gasteiger partial charge in [-0.05, 0) is 19.1 Å². The molecular weight excluding hydrogens is 378 g/mol. The van der Waals surface area contributed by atoms with Gasteiger partial charge in [0.25, 0.3) is 5.91 Å². The summed E-state index contributed by atoms with van der Waals surface area (Å²) in [7, 11) is 1.58. The topological polar surface area (TPSA) is 99.6 Å². The molecule has 140 valence electrons. The van der Waals surface area contributed by atoms with Crippen molar-refractivity contribution in [3.05, 3.63) is 29.8 Å². The van der Waals surface area contributed by atoms with Crippen molar-refractivity contribution in [3.63, 3.8) is 0 Å². The summed E-state index contributed by atoms with van der Waals surface area (Å²) in [5.41, 5.74) is 0.388. The Morgan fingerprint density at radius 1 is 1.23 bits per heavy atom. The molecule has 0 bridgehead atoms. The standard InChI is InChI=1S/C16H19N3O5S2/c1-3-23-13(20)10-25-16-19-18-15(26-16)17-14(21)11-6-4-5-7-12(11)24-9-8-22-2/h4-7H,3,8-10H2,1-2H3,(H,17,18,21). The van der Waals surface area contributed by atoms with Crippen LogP contribution < -0.4 is 10.1 Å². The number of aromatic nitrogens is 2. The summed E-state index contributed by atoms with van der Waals surface area (Å²) in [5.74, 6) is -0.0629. The Kier molecular flexibility index (Phi) is 8.32. The summed E-state index contributed by atoms with van der Waals surface area (Å²) in [5, 5.41) is 10.9. The van der Waals surface area contributed by atoms with E-state index in [1.54, 1.807) is 38.3 Å². The molecule has 0 aliphatic rings. The molecule has 1 amide bonds. The smallest absolute Gasteiger partial charge is 0.316 e. The summed E-state index contributed by atoms with van der Waals surface area (Å²) in [6.45, 7) is 2.85. The molecule has 1 aromatic carbocycles. The van der Waals surface area contributed by atoms with Gasteiger partial charge in [-0.3, -0.25) is 14.9 Å². The van der Waals surface area contributed by atoms with Crippen LogP contribution in [0.1, 0.15) is 17.3 Å². The molecule has 1 N–H and O–H groups in total. The minimum Gasteiger partial charge on any atom is -0.490 e. The van der Waals surface area contributed by atoms with Crippen LogP contribution in [0.15, 0.2) is 28.6 Å². The monoisotopic (exact) mass is 397 g/mol. The van der Waals surface area contributed by atoms with Crippen LogP contribution in [-0.2, 0) is 14.3 Å². The van der Waals surface area contributed by atoms with Crippen molar-refractivity contribution < 1.29 is 23.8 Å². The number of benzene rings is 1. The van der Waals surface area contributed by atoms with Gasteiger partial charge in [-0.1, -0.05) is 35.2 Å². The lowest BCUT2D eigenvalue weighted by atomic mass is 10.2. The van der Waals surface area contributed by atoms with E-state index in [1.807, 2.05) is 0 Å². The number of amides is 1. The summed E-state index contributed by atoms with van der Waals surface area (Å²) in [6, 6.07) is 6.91. The van der Waals surface area contributed by atoms with E-state index in [0.717, 1.165) is 0 Å². The van der Waals surface area contributed by atoms with E-state index in [4.69, 9.17) is 14.2 Å². The number of nitrogens with zero attached hydrogens (tertiary/aromatic N) is 2. The average molecular weight is 397 g/mol. The number of ether oxygens (including phenoxy) is 3. The number of hydrogen-bond acceptors (Lipinski definition) is 9. The highest BCUT2D eigenvalue weighted by atomic mass is 32.2. The lowest BCUT2D eigenvalue weighted by Gasteiger charge is -2.10. The fourth-order valence-electron chi connectivity index (χ4n) is 1.82. The van der Waals surface area contributed by atoms with Crippen molar-refractivity contribution >= 4 is 40.1 Å². The van der Waals surface area contributed by atoms with E-state index >= 15 is 0 Å². The predicted molar refractivity (Wildman–Crippen MR) is 99.0 cm³/mol. The van der Waals surface area contributed by atoms with Crippen LogP contribution in [0.5, 0.6) is 5.75 Å². The lowest BCUT2D eigenvalue weighted by molar-refractivity contribution is -0.139. The number of para-hydroxylation sites is 1. The number of nitrogens with one attached hydrogen (secondary N) is 1. The maximum atomic E-state index is 12.5. The number of hydrogen-bond donors (Lipinski definition) is 1. The minimum atomic E-state index is -0.351. The van der Waals surface area contributed by atoms with Gasteiger partial charge in [0.1, 0.15) is 12.4 Å². The van der Waals surface area contributed by atoms with Crippen LogP contribution in [0.25, 0.3) is 0 Å². The van der Waals surface area contributed by atoms with Crippen LogP contribution in [0.4, 0.5) is 5.13 Å². The molecule has 0 aliphatic heterocycles. The minimum absolute atomic E-state index is 0.145. The molecule has 0 spiro atoms. The second-order valence-electron chi connectivity index (χ2n) is 4.76. The normalized spacial score (nSPS) is 10.4. The van der Waals surface area contributed by atoms with Crippen molar-refractivity contribution in [2.24, 2.45) is 0 Å². The Hall–Kier alpha value is -2.17. The molecule has 0 aliphatic carbocycles. The van der Waals surface area contributed by atoms with Crippen LogP contribution in [-0.4, -0.2) is 54.8 Å². The zero-order valence-electron chi connectivity index (χ0n) is 14.4. The first-order chi connectivity index (χ1) is 12.6. The molecule has 0 fully saturated rings. The van der Waals surface area contributed by atoms with E-state index in [-0.39, 0.29) is 17.6 Å². The van der Waals surface area contributed by atoms with Crippen molar-refractivity contribution in [1.82, 2.24) is 10.2 Å². The van der Waals surface area contributed by atoms with E-state index in [0.29, 0.717) is 40.6 Å². The Bertz CT molecular complexity index is 738. The summed E-state index contributed by atoms with van der Waals surface area (Å²) in [6.07, 6.45) is 0. The molecule has 1 aromatic heterocycles. The molecule has 1 heterocycles. The van der Waals surface area contributed by atoms with Gasteiger partial charge in [-0.2, -0.15) is 0 Å².